The van der Waals surface area contributed by atoms with Crippen molar-refractivity contribution >= 4 is 18.2 Å². The van der Waals surface area contributed by atoms with Gasteiger partial charge in [-0.25, -0.2) is 4.79 Å². The number of rotatable bonds is 12. The second-order valence-electron chi connectivity index (χ2n) is 8.92. The Morgan fingerprint density at radius 2 is 1.74 bits per heavy atom. The number of ether oxygens (including phenoxy) is 1. The van der Waals surface area contributed by atoms with Gasteiger partial charge in [0, 0.05) is 18.3 Å². The van der Waals surface area contributed by atoms with Gasteiger partial charge in [0.05, 0.1) is 12.5 Å². The van der Waals surface area contributed by atoms with Crippen LogP contribution in [0.1, 0.15) is 59.8 Å². The van der Waals surface area contributed by atoms with Gasteiger partial charge in [-0.15, -0.1) is 0 Å². The van der Waals surface area contributed by atoms with Crippen molar-refractivity contribution in [2.24, 2.45) is 17.8 Å². The lowest BCUT2D eigenvalue weighted by Gasteiger charge is -2.21. The Morgan fingerprint density at radius 3 is 2.39 bits per heavy atom. The Hall–Kier alpha value is -2.21. The molecule has 1 N–H and O–H groups in total. The molecule has 0 saturated heterocycles. The van der Waals surface area contributed by atoms with Crippen molar-refractivity contribution < 1.29 is 9.53 Å². The maximum Gasteiger partial charge on any atom is 0.326 e. The minimum absolute atomic E-state index is 0.0192. The number of unbranched alkanes of at least 4 members (excludes halogenated alkanes) is 3. The number of nitrogens with one attached hydrogen (secondary N) is 1. The molecule has 5 nitrogen and oxygen atoms in total. The molecule has 0 aliphatic carbocycles. The first-order valence-corrected chi connectivity index (χ1v) is 11.8. The number of hydrogen-bond donors (Lipinski definition) is 1. The molecule has 0 aliphatic rings. The number of aromatic nitrogens is 2. The summed E-state index contributed by atoms with van der Waals surface area (Å²) in [6.45, 7) is 9.53. The number of aryl methyl sites for hydroxylation is 1. The van der Waals surface area contributed by atoms with Crippen LogP contribution in [0.15, 0.2) is 41.3 Å². The number of esters is 1. The molecule has 31 heavy (non-hydrogen) atoms. The van der Waals surface area contributed by atoms with Crippen LogP contribution in [0.5, 0.6) is 0 Å². The summed E-state index contributed by atoms with van der Waals surface area (Å²) in [6.07, 6.45) is 6.39. The summed E-state index contributed by atoms with van der Waals surface area (Å²) in [4.78, 5) is 27.4. The monoisotopic (exact) mass is 444 g/mol. The molecule has 2 aromatic rings. The van der Waals surface area contributed by atoms with Gasteiger partial charge in [0.2, 0.25) is 0 Å². The van der Waals surface area contributed by atoms with Gasteiger partial charge in [0.1, 0.15) is 4.64 Å². The fourth-order valence-corrected chi connectivity index (χ4v) is 3.92. The normalized spacial score (nSPS) is 12.3. The van der Waals surface area contributed by atoms with E-state index in [-0.39, 0.29) is 17.6 Å². The minimum atomic E-state index is -0.177. The molecule has 1 heterocycles. The van der Waals surface area contributed by atoms with Crippen molar-refractivity contribution in [3.05, 3.63) is 51.7 Å². The van der Waals surface area contributed by atoms with E-state index in [0.717, 1.165) is 43.2 Å². The molecule has 0 spiro atoms. The Kier molecular flexibility index (Phi) is 10.2. The van der Waals surface area contributed by atoms with Crippen molar-refractivity contribution in [3.63, 3.8) is 0 Å². The molecule has 0 bridgehead atoms. The van der Waals surface area contributed by atoms with E-state index in [1.165, 1.54) is 0 Å². The van der Waals surface area contributed by atoms with Gasteiger partial charge in [-0.2, -0.15) is 0 Å². The molecular formula is C25H36N2O3S. The van der Waals surface area contributed by atoms with Crippen LogP contribution in [0, 0.1) is 22.4 Å². The first-order valence-electron chi connectivity index (χ1n) is 11.4. The van der Waals surface area contributed by atoms with Crippen LogP contribution < -0.4 is 5.69 Å². The van der Waals surface area contributed by atoms with Gasteiger partial charge >= 0.3 is 11.7 Å². The lowest BCUT2D eigenvalue weighted by atomic mass is 9.88. The highest BCUT2D eigenvalue weighted by Gasteiger charge is 2.24. The van der Waals surface area contributed by atoms with Crippen molar-refractivity contribution in [2.45, 2.75) is 66.3 Å². The summed E-state index contributed by atoms with van der Waals surface area (Å²) in [5.74, 6) is 0.697. The number of aromatic amines is 1. The van der Waals surface area contributed by atoms with Gasteiger partial charge in [-0.05, 0) is 43.1 Å². The lowest BCUT2D eigenvalue weighted by Crippen LogP contribution is -2.24. The molecule has 1 atom stereocenters. The van der Waals surface area contributed by atoms with E-state index in [1.54, 1.807) is 4.57 Å². The van der Waals surface area contributed by atoms with E-state index in [2.05, 4.69) is 32.7 Å². The zero-order valence-electron chi connectivity index (χ0n) is 19.2. The zero-order valence-corrected chi connectivity index (χ0v) is 20.0. The van der Waals surface area contributed by atoms with E-state index in [9.17, 15) is 9.59 Å². The highest BCUT2D eigenvalue weighted by molar-refractivity contribution is 7.71. The van der Waals surface area contributed by atoms with Gasteiger partial charge < -0.3 is 9.30 Å². The summed E-state index contributed by atoms with van der Waals surface area (Å²) in [7, 11) is 0. The fourth-order valence-electron chi connectivity index (χ4n) is 3.66. The average Bonchev–Trinajstić information content (AvgIpc) is 2.72. The van der Waals surface area contributed by atoms with Gasteiger partial charge in [0.25, 0.3) is 0 Å². The first kappa shape index (κ1) is 25.1. The van der Waals surface area contributed by atoms with Crippen molar-refractivity contribution in [2.75, 3.05) is 6.61 Å². The van der Waals surface area contributed by atoms with Crippen LogP contribution in [0.4, 0.5) is 0 Å². The fraction of sp³-hybridized carbons (Fsp3) is 0.560. The third-order valence-corrected chi connectivity index (χ3v) is 5.79. The van der Waals surface area contributed by atoms with E-state index >= 15 is 0 Å². The number of carbonyl (C=O) groups is 1. The molecule has 2 rings (SSSR count). The smallest absolute Gasteiger partial charge is 0.326 e. The summed E-state index contributed by atoms with van der Waals surface area (Å²) in [6, 6.07) is 9.84. The minimum Gasteiger partial charge on any atom is -0.465 e. The van der Waals surface area contributed by atoms with Gasteiger partial charge in [0.15, 0.2) is 0 Å². The number of H-pyrrole nitrogens is 1. The summed E-state index contributed by atoms with van der Waals surface area (Å²) in [5.41, 5.74) is 1.68. The molecule has 0 radical (unpaired) electrons. The summed E-state index contributed by atoms with van der Waals surface area (Å²) < 4.78 is 7.67. The van der Waals surface area contributed by atoms with Gasteiger partial charge in [-0.1, -0.05) is 76.7 Å². The first-order chi connectivity index (χ1) is 14.8. The molecule has 1 aromatic heterocycles. The van der Waals surface area contributed by atoms with Crippen LogP contribution in [0.2, 0.25) is 0 Å². The predicted octanol–water partition coefficient (Wildman–Crippen LogP) is 5.99. The van der Waals surface area contributed by atoms with Crippen LogP contribution in [0.3, 0.4) is 0 Å². The van der Waals surface area contributed by atoms with E-state index in [0.29, 0.717) is 29.6 Å². The number of nitrogens with zero attached hydrogens (tertiary/aromatic N) is 1. The number of carbonyl (C=O) groups excluding carboxylic acids is 1. The quantitative estimate of drug-likeness (QED) is 0.248. The number of benzene rings is 1. The molecular weight excluding hydrogens is 408 g/mol. The lowest BCUT2D eigenvalue weighted by molar-refractivity contribution is -0.151. The molecule has 0 amide bonds. The SMILES string of the molecule is CC(C)CC(C(=O)OCCCCCCn1cc(-c2ccccc2)c(=S)[nH]c1=O)C(C)C. The summed E-state index contributed by atoms with van der Waals surface area (Å²) >= 11 is 5.33. The zero-order chi connectivity index (χ0) is 22.8. The molecule has 0 saturated carbocycles. The second kappa shape index (κ2) is 12.6. The highest BCUT2D eigenvalue weighted by Crippen LogP contribution is 2.22. The Balaban J connectivity index is 1.76. The van der Waals surface area contributed by atoms with Crippen LogP contribution in [-0.4, -0.2) is 22.1 Å². The van der Waals surface area contributed by atoms with Crippen molar-refractivity contribution in [3.8, 4) is 11.1 Å². The molecule has 0 aliphatic heterocycles. The predicted molar refractivity (Wildman–Crippen MR) is 129 cm³/mol. The third kappa shape index (κ3) is 8.09. The van der Waals surface area contributed by atoms with E-state index in [4.69, 9.17) is 17.0 Å². The Morgan fingerprint density at radius 1 is 1.06 bits per heavy atom. The van der Waals surface area contributed by atoms with Crippen LogP contribution in [0.25, 0.3) is 11.1 Å². The Labute approximate surface area is 190 Å². The van der Waals surface area contributed by atoms with E-state index in [1.807, 2.05) is 36.5 Å². The molecule has 1 aromatic carbocycles. The molecule has 170 valence electrons. The molecule has 0 fully saturated rings. The Bertz CT molecular complexity index is 932. The highest BCUT2D eigenvalue weighted by atomic mass is 32.1. The molecule has 6 heteroatoms. The van der Waals surface area contributed by atoms with Crippen LogP contribution >= 0.6 is 12.2 Å². The summed E-state index contributed by atoms with van der Waals surface area (Å²) in [5, 5.41) is 0. The maximum atomic E-state index is 12.3. The maximum absolute atomic E-state index is 12.3. The molecule has 1 unspecified atom stereocenters. The van der Waals surface area contributed by atoms with Crippen LogP contribution in [-0.2, 0) is 16.1 Å². The standard InChI is InChI=1S/C25H36N2O3S/c1-18(2)16-21(19(3)4)24(28)30-15-11-6-5-10-14-27-17-22(23(31)26-25(27)29)20-12-8-7-9-13-20/h7-9,12-13,17-19,21H,5-6,10-11,14-16H2,1-4H3,(H,26,29,31). The second-order valence-corrected chi connectivity index (χ2v) is 9.33. The topological polar surface area (TPSA) is 64.1 Å². The third-order valence-electron chi connectivity index (χ3n) is 5.47. The van der Waals surface area contributed by atoms with Crippen molar-refractivity contribution in [1.29, 1.82) is 0 Å². The largest absolute Gasteiger partial charge is 0.465 e. The van der Waals surface area contributed by atoms with Gasteiger partial charge in [-0.3, -0.25) is 9.78 Å². The van der Waals surface area contributed by atoms with E-state index < -0.39 is 0 Å². The average molecular weight is 445 g/mol. The number of hydrogen-bond acceptors (Lipinski definition) is 4. The van der Waals surface area contributed by atoms with Crippen molar-refractivity contribution in [1.82, 2.24) is 9.55 Å².